The predicted octanol–water partition coefficient (Wildman–Crippen LogP) is 2.17. The maximum absolute atomic E-state index is 12.8. The Morgan fingerprint density at radius 2 is 2.13 bits per heavy atom. The highest BCUT2D eigenvalue weighted by atomic mass is 16.2. The molecule has 1 aromatic heterocycles. The first-order valence-corrected chi connectivity index (χ1v) is 8.16. The topological polar surface area (TPSA) is 50.2 Å². The summed E-state index contributed by atoms with van der Waals surface area (Å²) < 4.78 is 1.86. The maximum atomic E-state index is 12.8. The molecule has 1 unspecified atom stereocenters. The van der Waals surface area contributed by atoms with E-state index in [0.717, 1.165) is 43.0 Å². The van der Waals surface area contributed by atoms with Crippen LogP contribution in [0.5, 0.6) is 0 Å². The zero-order valence-corrected chi connectivity index (χ0v) is 14.0. The molecule has 1 aliphatic rings. The van der Waals surface area contributed by atoms with Crippen LogP contribution in [0, 0.1) is 19.8 Å². The summed E-state index contributed by atoms with van der Waals surface area (Å²) >= 11 is 0. The molecule has 2 heterocycles. The van der Waals surface area contributed by atoms with Crippen LogP contribution in [0.1, 0.15) is 28.0 Å². The molecular formula is C18H24N4O. The molecule has 23 heavy (non-hydrogen) atoms. The number of hydrogen-bond acceptors (Lipinski definition) is 3. The van der Waals surface area contributed by atoms with Crippen molar-refractivity contribution in [1.29, 1.82) is 0 Å². The van der Waals surface area contributed by atoms with Crippen LogP contribution in [0.3, 0.4) is 0 Å². The number of benzene rings is 1. The SMILES string of the molecule is CNCC1CCN(C(=O)c2cnn(-c3ccccc3C)c2C)C1. The number of carbonyl (C=O) groups excluding carboxylic acids is 1. The minimum absolute atomic E-state index is 0.0981. The first-order chi connectivity index (χ1) is 11.1. The van der Waals surface area contributed by atoms with Gasteiger partial charge in [-0.25, -0.2) is 4.68 Å². The summed E-state index contributed by atoms with van der Waals surface area (Å²) in [5.74, 6) is 0.650. The van der Waals surface area contributed by atoms with Crippen molar-refractivity contribution in [1.82, 2.24) is 20.0 Å². The van der Waals surface area contributed by atoms with Crippen LogP contribution in [0.15, 0.2) is 30.5 Å². The fraction of sp³-hybridized carbons (Fsp3) is 0.444. The van der Waals surface area contributed by atoms with E-state index in [0.29, 0.717) is 11.5 Å². The van der Waals surface area contributed by atoms with Crippen molar-refractivity contribution in [3.63, 3.8) is 0 Å². The van der Waals surface area contributed by atoms with Crippen molar-refractivity contribution in [2.24, 2.45) is 5.92 Å². The molecule has 1 saturated heterocycles. The fourth-order valence-electron chi connectivity index (χ4n) is 3.31. The summed E-state index contributed by atoms with van der Waals surface area (Å²) in [6, 6.07) is 8.09. The summed E-state index contributed by atoms with van der Waals surface area (Å²) in [4.78, 5) is 14.8. The molecule has 5 nitrogen and oxygen atoms in total. The Balaban J connectivity index is 1.82. The van der Waals surface area contributed by atoms with Crippen molar-refractivity contribution >= 4 is 5.91 Å². The van der Waals surface area contributed by atoms with E-state index in [4.69, 9.17) is 0 Å². The maximum Gasteiger partial charge on any atom is 0.257 e. The predicted molar refractivity (Wildman–Crippen MR) is 91.0 cm³/mol. The Labute approximate surface area is 137 Å². The van der Waals surface area contributed by atoms with Crippen LogP contribution in [-0.4, -0.2) is 47.3 Å². The molecule has 0 bridgehead atoms. The highest BCUT2D eigenvalue weighted by Crippen LogP contribution is 2.22. The second kappa shape index (κ2) is 6.54. The van der Waals surface area contributed by atoms with Crippen LogP contribution in [0.4, 0.5) is 0 Å². The molecule has 1 N–H and O–H groups in total. The second-order valence-electron chi connectivity index (χ2n) is 6.31. The third kappa shape index (κ3) is 3.01. The quantitative estimate of drug-likeness (QED) is 0.941. The molecular weight excluding hydrogens is 288 g/mol. The molecule has 3 rings (SSSR count). The molecule has 1 aromatic carbocycles. The first-order valence-electron chi connectivity index (χ1n) is 8.16. The van der Waals surface area contributed by atoms with Gasteiger partial charge < -0.3 is 10.2 Å². The Morgan fingerprint density at radius 3 is 2.87 bits per heavy atom. The summed E-state index contributed by atoms with van der Waals surface area (Å²) in [5.41, 5.74) is 3.78. The summed E-state index contributed by atoms with van der Waals surface area (Å²) in [5, 5.41) is 7.65. The summed E-state index contributed by atoms with van der Waals surface area (Å²) in [6.07, 6.45) is 2.77. The van der Waals surface area contributed by atoms with Gasteiger partial charge in [-0.1, -0.05) is 18.2 Å². The van der Waals surface area contributed by atoms with Gasteiger partial charge in [0.2, 0.25) is 0 Å². The Kier molecular flexibility index (Phi) is 4.48. The molecule has 0 radical (unpaired) electrons. The third-order valence-corrected chi connectivity index (χ3v) is 4.65. The number of carbonyl (C=O) groups is 1. The monoisotopic (exact) mass is 312 g/mol. The first kappa shape index (κ1) is 15.7. The van der Waals surface area contributed by atoms with Gasteiger partial charge in [0.1, 0.15) is 0 Å². The minimum Gasteiger partial charge on any atom is -0.338 e. The lowest BCUT2D eigenvalue weighted by Crippen LogP contribution is -2.30. The number of aromatic nitrogens is 2. The Bertz CT molecular complexity index is 707. The molecule has 0 aliphatic carbocycles. The van der Waals surface area contributed by atoms with Crippen LogP contribution in [-0.2, 0) is 0 Å². The van der Waals surface area contributed by atoms with Gasteiger partial charge in [-0.15, -0.1) is 0 Å². The zero-order chi connectivity index (χ0) is 16.4. The van der Waals surface area contributed by atoms with Crippen molar-refractivity contribution in [2.45, 2.75) is 20.3 Å². The average molecular weight is 312 g/mol. The molecule has 0 spiro atoms. The highest BCUT2D eigenvalue weighted by Gasteiger charge is 2.28. The summed E-state index contributed by atoms with van der Waals surface area (Å²) in [7, 11) is 1.96. The molecule has 1 fully saturated rings. The number of nitrogens with zero attached hydrogens (tertiary/aromatic N) is 3. The van der Waals surface area contributed by atoms with Gasteiger partial charge in [0.05, 0.1) is 23.1 Å². The Hall–Kier alpha value is -2.14. The Morgan fingerprint density at radius 1 is 1.35 bits per heavy atom. The number of hydrogen-bond donors (Lipinski definition) is 1. The van der Waals surface area contributed by atoms with E-state index in [1.165, 1.54) is 0 Å². The van der Waals surface area contributed by atoms with Crippen molar-refractivity contribution < 1.29 is 4.79 Å². The lowest BCUT2D eigenvalue weighted by molar-refractivity contribution is 0.0786. The van der Waals surface area contributed by atoms with Crippen molar-refractivity contribution in [3.8, 4) is 5.69 Å². The number of nitrogens with one attached hydrogen (secondary N) is 1. The van der Waals surface area contributed by atoms with Crippen LogP contribution in [0.2, 0.25) is 0 Å². The van der Waals surface area contributed by atoms with E-state index in [1.54, 1.807) is 6.20 Å². The highest BCUT2D eigenvalue weighted by molar-refractivity contribution is 5.95. The van der Waals surface area contributed by atoms with Gasteiger partial charge in [0.25, 0.3) is 5.91 Å². The number of para-hydroxylation sites is 1. The molecule has 0 saturated carbocycles. The third-order valence-electron chi connectivity index (χ3n) is 4.65. The van der Waals surface area contributed by atoms with Crippen LogP contribution < -0.4 is 5.32 Å². The van der Waals surface area contributed by atoms with Gasteiger partial charge in [-0.2, -0.15) is 5.10 Å². The molecule has 2 aromatic rings. The van der Waals surface area contributed by atoms with Crippen molar-refractivity contribution in [2.75, 3.05) is 26.7 Å². The van der Waals surface area contributed by atoms with Gasteiger partial charge in [-0.05, 0) is 51.4 Å². The van der Waals surface area contributed by atoms with Gasteiger partial charge in [0, 0.05) is 13.1 Å². The number of amides is 1. The standard InChI is InChI=1S/C18H24N4O/c1-13-6-4-5-7-17(13)22-14(2)16(11-20-22)18(23)21-9-8-15(12-21)10-19-3/h4-7,11,15,19H,8-10,12H2,1-3H3. The lowest BCUT2D eigenvalue weighted by Gasteiger charge is -2.16. The fourth-order valence-corrected chi connectivity index (χ4v) is 3.31. The average Bonchev–Trinajstić information content (AvgIpc) is 3.15. The minimum atomic E-state index is 0.0981. The van der Waals surface area contributed by atoms with E-state index in [9.17, 15) is 4.79 Å². The zero-order valence-electron chi connectivity index (χ0n) is 14.0. The summed E-state index contributed by atoms with van der Waals surface area (Å²) in [6.45, 7) is 6.65. The van der Waals surface area contributed by atoms with Gasteiger partial charge in [0.15, 0.2) is 0 Å². The van der Waals surface area contributed by atoms with Gasteiger partial charge >= 0.3 is 0 Å². The lowest BCUT2D eigenvalue weighted by atomic mass is 10.1. The number of likely N-dealkylation sites (tertiary alicyclic amines) is 1. The van der Waals surface area contributed by atoms with E-state index in [2.05, 4.69) is 23.4 Å². The van der Waals surface area contributed by atoms with E-state index >= 15 is 0 Å². The van der Waals surface area contributed by atoms with E-state index in [1.807, 2.05) is 41.8 Å². The largest absolute Gasteiger partial charge is 0.338 e. The van der Waals surface area contributed by atoms with Crippen molar-refractivity contribution in [3.05, 3.63) is 47.3 Å². The van der Waals surface area contributed by atoms with Crippen LogP contribution >= 0.6 is 0 Å². The number of rotatable bonds is 4. The second-order valence-corrected chi connectivity index (χ2v) is 6.31. The van der Waals surface area contributed by atoms with Crippen LogP contribution in [0.25, 0.3) is 5.69 Å². The normalized spacial score (nSPS) is 17.7. The molecule has 1 aliphatic heterocycles. The molecule has 1 atom stereocenters. The molecule has 1 amide bonds. The molecule has 5 heteroatoms. The van der Waals surface area contributed by atoms with E-state index < -0.39 is 0 Å². The molecule has 122 valence electrons. The number of aryl methyl sites for hydroxylation is 1. The van der Waals surface area contributed by atoms with Gasteiger partial charge in [-0.3, -0.25) is 4.79 Å². The smallest absolute Gasteiger partial charge is 0.257 e. The van der Waals surface area contributed by atoms with E-state index in [-0.39, 0.29) is 5.91 Å².